The van der Waals surface area contributed by atoms with Gasteiger partial charge in [-0.15, -0.1) is 0 Å². The van der Waals surface area contributed by atoms with E-state index in [-0.39, 0.29) is 6.04 Å². The van der Waals surface area contributed by atoms with Gasteiger partial charge in [0, 0.05) is 10.6 Å². The fourth-order valence-corrected chi connectivity index (χ4v) is 2.37. The number of benzene rings is 1. The molecule has 0 amide bonds. The summed E-state index contributed by atoms with van der Waals surface area (Å²) in [6.45, 7) is 2.76. The number of hydrogen-bond donors (Lipinski definition) is 1. The molecule has 1 unspecified atom stereocenters. The van der Waals surface area contributed by atoms with Crippen LogP contribution in [0.2, 0.25) is 5.02 Å². The Balaban J connectivity index is 2.43. The highest BCUT2D eigenvalue weighted by atomic mass is 35.5. The van der Waals surface area contributed by atoms with Crippen LogP contribution in [0.1, 0.15) is 30.0 Å². The fourth-order valence-electron chi connectivity index (χ4n) is 2.09. The van der Waals surface area contributed by atoms with Crippen molar-refractivity contribution in [1.29, 1.82) is 0 Å². The molecule has 0 saturated carbocycles. The van der Waals surface area contributed by atoms with Crippen LogP contribution in [0.5, 0.6) is 5.75 Å². The third kappa shape index (κ3) is 2.32. The van der Waals surface area contributed by atoms with Gasteiger partial charge in [0.25, 0.3) is 0 Å². The van der Waals surface area contributed by atoms with Crippen LogP contribution in [0, 0.1) is 6.92 Å². The van der Waals surface area contributed by atoms with Gasteiger partial charge in [0.15, 0.2) is 0 Å². The molecule has 0 bridgehead atoms. The Labute approximate surface area is 101 Å². The lowest BCUT2D eigenvalue weighted by Crippen LogP contribution is -2.19. The summed E-state index contributed by atoms with van der Waals surface area (Å²) in [4.78, 5) is 5.02. The van der Waals surface area contributed by atoms with Gasteiger partial charge in [-0.1, -0.05) is 11.6 Å². The van der Waals surface area contributed by atoms with Gasteiger partial charge in [-0.3, -0.25) is 0 Å². The quantitative estimate of drug-likeness (QED) is 0.808. The van der Waals surface area contributed by atoms with Crippen molar-refractivity contribution in [3.8, 4) is 5.75 Å². The monoisotopic (exact) mass is 241 g/mol. The molecule has 0 saturated heterocycles. The predicted molar refractivity (Wildman–Crippen MR) is 63.8 cm³/mol. The Morgan fingerprint density at radius 1 is 1.50 bits per heavy atom. The topological polar surface area (TPSA) is 30.5 Å². The van der Waals surface area contributed by atoms with Gasteiger partial charge >= 0.3 is 0 Å². The highest BCUT2D eigenvalue weighted by molar-refractivity contribution is 6.30. The first-order valence-electron chi connectivity index (χ1n) is 5.43. The predicted octanol–water partition coefficient (Wildman–Crippen LogP) is 3.01. The fraction of sp³-hybridized carbons (Fsp3) is 0.500. The van der Waals surface area contributed by atoms with Crippen LogP contribution in [0.4, 0.5) is 0 Å². The van der Waals surface area contributed by atoms with E-state index in [1.807, 2.05) is 19.1 Å². The minimum absolute atomic E-state index is 0.153. The number of fused-ring (bicyclic) bond motifs is 1. The van der Waals surface area contributed by atoms with Crippen LogP contribution < -0.4 is 10.2 Å². The Kier molecular flexibility index (Phi) is 3.69. The van der Waals surface area contributed by atoms with Crippen molar-refractivity contribution >= 4 is 11.6 Å². The van der Waals surface area contributed by atoms with E-state index in [1.54, 1.807) is 7.11 Å². The standard InChI is InChI=1S/C12H16ClNO2/c1-8-6-9(13)7-10-11(14-15-2)4-3-5-16-12(8)10/h6-7,11,14H,3-5H2,1-2H3. The average molecular weight is 242 g/mol. The first kappa shape index (κ1) is 11.7. The van der Waals surface area contributed by atoms with E-state index in [0.29, 0.717) is 0 Å². The lowest BCUT2D eigenvalue weighted by molar-refractivity contribution is 0.0579. The maximum absolute atomic E-state index is 6.08. The van der Waals surface area contributed by atoms with Gasteiger partial charge in [-0.25, -0.2) is 0 Å². The SMILES string of the molecule is CONC1CCCOc2c(C)cc(Cl)cc21. The molecule has 3 nitrogen and oxygen atoms in total. The van der Waals surface area contributed by atoms with Crippen molar-refractivity contribution in [3.05, 3.63) is 28.3 Å². The Bertz CT molecular complexity index is 382. The summed E-state index contributed by atoms with van der Waals surface area (Å²) in [6.07, 6.45) is 1.99. The van der Waals surface area contributed by atoms with Crippen LogP contribution in [0.3, 0.4) is 0 Å². The molecule has 0 fully saturated rings. The molecule has 1 aliphatic rings. The molecular formula is C12H16ClNO2. The molecule has 4 heteroatoms. The molecule has 2 rings (SSSR count). The summed E-state index contributed by atoms with van der Waals surface area (Å²) < 4.78 is 5.76. The summed E-state index contributed by atoms with van der Waals surface area (Å²) in [5.74, 6) is 0.941. The minimum Gasteiger partial charge on any atom is -0.493 e. The van der Waals surface area contributed by atoms with Crippen molar-refractivity contribution in [2.24, 2.45) is 0 Å². The van der Waals surface area contributed by atoms with E-state index < -0.39 is 0 Å². The molecule has 0 radical (unpaired) electrons. The number of aryl methyl sites for hydroxylation is 1. The van der Waals surface area contributed by atoms with Crippen LogP contribution in [-0.4, -0.2) is 13.7 Å². The number of hydrogen-bond acceptors (Lipinski definition) is 3. The highest BCUT2D eigenvalue weighted by Gasteiger charge is 2.21. The largest absolute Gasteiger partial charge is 0.493 e. The summed E-state index contributed by atoms with van der Waals surface area (Å²) in [7, 11) is 1.63. The number of rotatable bonds is 2. The van der Waals surface area contributed by atoms with E-state index in [1.165, 1.54) is 0 Å². The lowest BCUT2D eigenvalue weighted by atomic mass is 10.0. The van der Waals surface area contributed by atoms with Crippen molar-refractivity contribution < 1.29 is 9.57 Å². The van der Waals surface area contributed by atoms with E-state index in [0.717, 1.165) is 41.3 Å². The Hall–Kier alpha value is -0.770. The van der Waals surface area contributed by atoms with Crippen LogP contribution in [-0.2, 0) is 4.84 Å². The van der Waals surface area contributed by atoms with E-state index >= 15 is 0 Å². The van der Waals surface area contributed by atoms with Crippen LogP contribution in [0.15, 0.2) is 12.1 Å². The molecular weight excluding hydrogens is 226 g/mol. The van der Waals surface area contributed by atoms with E-state index in [9.17, 15) is 0 Å². The van der Waals surface area contributed by atoms with Gasteiger partial charge in [0.05, 0.1) is 19.8 Å². The van der Waals surface area contributed by atoms with Gasteiger partial charge < -0.3 is 9.57 Å². The second-order valence-corrected chi connectivity index (χ2v) is 4.44. The molecule has 1 aliphatic heterocycles. The Morgan fingerprint density at radius 3 is 3.06 bits per heavy atom. The van der Waals surface area contributed by atoms with E-state index in [2.05, 4.69) is 5.48 Å². The molecule has 0 spiro atoms. The zero-order valence-corrected chi connectivity index (χ0v) is 10.3. The lowest BCUT2D eigenvalue weighted by Gasteiger charge is -2.18. The number of halogens is 1. The molecule has 1 atom stereocenters. The van der Waals surface area contributed by atoms with E-state index in [4.69, 9.17) is 21.2 Å². The second kappa shape index (κ2) is 5.04. The molecule has 1 aromatic rings. The van der Waals surface area contributed by atoms with Crippen LogP contribution in [0.25, 0.3) is 0 Å². The van der Waals surface area contributed by atoms with Crippen molar-refractivity contribution in [2.75, 3.05) is 13.7 Å². The number of hydroxylamine groups is 1. The number of nitrogens with one attached hydrogen (secondary N) is 1. The summed E-state index contributed by atoms with van der Waals surface area (Å²) >= 11 is 6.08. The normalized spacial score (nSPS) is 19.8. The van der Waals surface area contributed by atoms with Gasteiger partial charge in [0.1, 0.15) is 5.75 Å². The van der Waals surface area contributed by atoms with Gasteiger partial charge in [-0.05, 0) is 37.5 Å². The summed E-state index contributed by atoms with van der Waals surface area (Å²) in [5.41, 5.74) is 5.16. The molecule has 1 heterocycles. The van der Waals surface area contributed by atoms with Crippen molar-refractivity contribution in [2.45, 2.75) is 25.8 Å². The highest BCUT2D eigenvalue weighted by Crippen LogP contribution is 2.36. The molecule has 16 heavy (non-hydrogen) atoms. The maximum atomic E-state index is 6.08. The van der Waals surface area contributed by atoms with Crippen molar-refractivity contribution in [1.82, 2.24) is 5.48 Å². The summed E-state index contributed by atoms with van der Waals surface area (Å²) in [5, 5.41) is 0.740. The first-order chi connectivity index (χ1) is 7.72. The molecule has 0 aliphatic carbocycles. The van der Waals surface area contributed by atoms with Gasteiger partial charge in [-0.2, -0.15) is 5.48 Å². The summed E-state index contributed by atoms with van der Waals surface area (Å²) in [6, 6.07) is 4.03. The maximum Gasteiger partial charge on any atom is 0.127 e. The van der Waals surface area contributed by atoms with Crippen LogP contribution >= 0.6 is 11.6 Å². The molecule has 88 valence electrons. The third-order valence-electron chi connectivity index (χ3n) is 2.79. The minimum atomic E-state index is 0.153. The smallest absolute Gasteiger partial charge is 0.127 e. The zero-order chi connectivity index (χ0) is 11.5. The molecule has 0 aromatic heterocycles. The second-order valence-electron chi connectivity index (χ2n) is 4.01. The van der Waals surface area contributed by atoms with Crippen molar-refractivity contribution in [3.63, 3.8) is 0 Å². The van der Waals surface area contributed by atoms with Gasteiger partial charge in [0.2, 0.25) is 0 Å². The third-order valence-corrected chi connectivity index (χ3v) is 3.01. The zero-order valence-electron chi connectivity index (χ0n) is 9.55. The molecule has 1 aromatic carbocycles. The Morgan fingerprint density at radius 2 is 2.31 bits per heavy atom. The number of ether oxygens (including phenoxy) is 1. The first-order valence-corrected chi connectivity index (χ1v) is 5.81. The molecule has 1 N–H and O–H groups in total. The average Bonchev–Trinajstić information content (AvgIpc) is 2.42.